The molecule has 0 saturated carbocycles. The molecule has 470 valence electrons. The average Bonchev–Trinajstić information content (AvgIpc) is 4.21. The Bertz CT molecular complexity index is 2610. The van der Waals surface area contributed by atoms with Crippen LogP contribution in [0.4, 0.5) is 10.5 Å². The van der Waals surface area contributed by atoms with Crippen molar-refractivity contribution in [2.24, 2.45) is 29.4 Å². The number of nitrogens with zero attached hydrogens (tertiary/aromatic N) is 3. The van der Waals surface area contributed by atoms with Crippen LogP contribution in [-0.4, -0.2) is 163 Å². The van der Waals surface area contributed by atoms with Crippen LogP contribution in [0.1, 0.15) is 130 Å². The molecule has 85 heavy (non-hydrogen) atoms. The zero-order chi connectivity index (χ0) is 63.1. The summed E-state index contributed by atoms with van der Waals surface area (Å²) < 4.78 is 17.8. The number of hydrogen-bond donors (Lipinski definition) is 7. The number of aliphatic hydroxyl groups excluding tert-OH is 1. The molecule has 21 nitrogen and oxygen atoms in total. The number of nitrogens with two attached hydrogens (primary N) is 1. The molecule has 0 aliphatic carbocycles. The maximum atomic E-state index is 14.8. The molecule has 1 aliphatic rings. The fourth-order valence-electron chi connectivity index (χ4n) is 11.2. The van der Waals surface area contributed by atoms with E-state index in [1.807, 2.05) is 76.2 Å². The van der Waals surface area contributed by atoms with Gasteiger partial charge in [0.2, 0.25) is 41.4 Å². The molecule has 12 atom stereocenters. The minimum Gasteiger partial charge on any atom is -0.445 e. The van der Waals surface area contributed by atoms with Gasteiger partial charge in [-0.15, -0.1) is 0 Å². The van der Waals surface area contributed by atoms with Gasteiger partial charge in [0.05, 0.1) is 48.8 Å². The standard InChI is InChI=1S/C64H97N9O12/c1-14-41(6)56(52(83-12)37-53(75)73-35-23-29-51(73)58(84-13)42(7)59(77)66-43(8)57(76)47-26-19-16-20-27-47)71(10)63(81)54(39(2)3)70-62(80)55(40(4)5)72(11)64(82)85-38-46-30-32-48(33-31-46)68-60(78)49(28-21-22-34-65)69-61(79)50(67-44(9)74)36-45-24-17-15-18-25-45/h15-20,24-27,30-33,39-43,49-52,54-58,76H,14,21-23,28-29,34-38,65H2,1-13H3,(H,66,77)(H,67,74)(H,68,78)(H,69,79)(H,70,80)/t41-,42+,43+,49+,50+,51-,52+,54-,55-,56-,57+,58+/m0/s1. The SMILES string of the molecule is CC[C@H](C)[C@@H]([C@@H](CC(=O)N1CCC[C@H]1[C@H](OC)[C@@H](C)C(=O)N[C@H](C)[C@@H](O)c1ccccc1)OC)N(C)C(=O)[C@@H](NC(=O)[C@H](C(C)C)N(C)C(=O)OCc1ccc(NC(=O)[C@@H](CCCCN)NC(=O)[C@@H](Cc2ccccc2)NC(C)=O)cc1)C(C)C. The van der Waals surface area contributed by atoms with Crippen molar-refractivity contribution >= 4 is 53.1 Å². The normalized spacial score (nSPS) is 17.1. The lowest BCUT2D eigenvalue weighted by atomic mass is 9.89. The molecule has 3 aromatic carbocycles. The Kier molecular flexibility index (Phi) is 28.9. The number of carbonyl (C=O) groups is 8. The van der Waals surface area contributed by atoms with Crippen molar-refractivity contribution < 1.29 is 57.7 Å². The molecule has 0 aromatic heterocycles. The van der Waals surface area contributed by atoms with Gasteiger partial charge in [-0.3, -0.25) is 38.5 Å². The summed E-state index contributed by atoms with van der Waals surface area (Å²) in [5.74, 6) is -4.49. The number of likely N-dealkylation sites (N-methyl/N-ethyl adjacent to an activating group) is 2. The molecular weight excluding hydrogens is 1090 g/mol. The van der Waals surface area contributed by atoms with E-state index in [0.29, 0.717) is 68.4 Å². The predicted molar refractivity (Wildman–Crippen MR) is 326 cm³/mol. The molecule has 0 radical (unpaired) electrons. The molecular formula is C64H97N9O12. The Morgan fingerprint density at radius 2 is 1.35 bits per heavy atom. The van der Waals surface area contributed by atoms with Crippen LogP contribution >= 0.6 is 0 Å². The maximum Gasteiger partial charge on any atom is 0.410 e. The smallest absolute Gasteiger partial charge is 0.410 e. The first-order chi connectivity index (χ1) is 40.4. The number of unbranched alkanes of at least 4 members (excludes halogenated alkanes) is 1. The molecule has 0 bridgehead atoms. The zero-order valence-electron chi connectivity index (χ0n) is 52.3. The van der Waals surface area contributed by atoms with Crippen molar-refractivity contribution in [3.63, 3.8) is 0 Å². The fraction of sp³-hybridized carbons (Fsp3) is 0.594. The van der Waals surface area contributed by atoms with Gasteiger partial charge < -0.3 is 61.4 Å². The lowest BCUT2D eigenvalue weighted by Gasteiger charge is -2.41. The fourth-order valence-corrected chi connectivity index (χ4v) is 11.2. The van der Waals surface area contributed by atoms with Crippen LogP contribution in [-0.2, 0) is 60.8 Å². The summed E-state index contributed by atoms with van der Waals surface area (Å²) in [7, 11) is 6.14. The summed E-state index contributed by atoms with van der Waals surface area (Å²) in [5.41, 5.74) is 8.25. The van der Waals surface area contributed by atoms with Gasteiger partial charge in [-0.25, -0.2) is 4.79 Å². The highest BCUT2D eigenvalue weighted by atomic mass is 16.6. The molecule has 3 aromatic rings. The van der Waals surface area contributed by atoms with Crippen molar-refractivity contribution in [1.82, 2.24) is 36.0 Å². The van der Waals surface area contributed by atoms with E-state index in [-0.39, 0.29) is 43.1 Å². The van der Waals surface area contributed by atoms with Gasteiger partial charge in [0, 0.05) is 53.9 Å². The van der Waals surface area contributed by atoms with Crippen molar-refractivity contribution in [2.75, 3.05) is 46.7 Å². The van der Waals surface area contributed by atoms with E-state index in [0.717, 1.165) is 5.56 Å². The summed E-state index contributed by atoms with van der Waals surface area (Å²) >= 11 is 0. The second-order valence-corrected chi connectivity index (χ2v) is 23.3. The average molecular weight is 1180 g/mol. The van der Waals surface area contributed by atoms with E-state index in [9.17, 15) is 43.5 Å². The number of methoxy groups -OCH3 is 2. The molecule has 8 N–H and O–H groups in total. The highest BCUT2D eigenvalue weighted by Gasteiger charge is 2.44. The van der Waals surface area contributed by atoms with Crippen LogP contribution < -0.4 is 32.3 Å². The van der Waals surface area contributed by atoms with Gasteiger partial charge in [-0.05, 0) is 92.1 Å². The highest BCUT2D eigenvalue weighted by Crippen LogP contribution is 2.30. The molecule has 4 rings (SSSR count). The summed E-state index contributed by atoms with van der Waals surface area (Å²) in [6, 6.07) is 19.4. The first-order valence-corrected chi connectivity index (χ1v) is 29.9. The van der Waals surface area contributed by atoms with E-state index in [2.05, 4.69) is 26.6 Å². The van der Waals surface area contributed by atoms with E-state index in [1.165, 1.54) is 33.1 Å². The van der Waals surface area contributed by atoms with Gasteiger partial charge in [-0.2, -0.15) is 0 Å². The third-order valence-corrected chi connectivity index (χ3v) is 16.2. The minimum atomic E-state index is -1.05. The Morgan fingerprint density at radius 1 is 0.718 bits per heavy atom. The Labute approximate surface area is 503 Å². The Balaban J connectivity index is 1.40. The second-order valence-electron chi connectivity index (χ2n) is 23.3. The molecule has 1 aliphatic heterocycles. The van der Waals surface area contributed by atoms with E-state index in [1.54, 1.807) is 80.9 Å². The van der Waals surface area contributed by atoms with Crippen molar-refractivity contribution in [2.45, 2.75) is 181 Å². The largest absolute Gasteiger partial charge is 0.445 e. The summed E-state index contributed by atoms with van der Waals surface area (Å²) in [6.45, 7) is 16.7. The van der Waals surface area contributed by atoms with Gasteiger partial charge in [0.1, 0.15) is 30.8 Å². The van der Waals surface area contributed by atoms with E-state index in [4.69, 9.17) is 19.9 Å². The number of carbonyl (C=O) groups excluding carboxylic acids is 8. The molecule has 21 heteroatoms. The van der Waals surface area contributed by atoms with Crippen molar-refractivity contribution in [1.29, 1.82) is 0 Å². The number of hydrogen-bond acceptors (Lipinski definition) is 13. The summed E-state index contributed by atoms with van der Waals surface area (Å²) in [6.07, 6.45) is 0.472. The molecule has 0 unspecified atom stereocenters. The molecule has 1 heterocycles. The number of amides is 8. The number of aliphatic hydroxyl groups is 1. The van der Waals surface area contributed by atoms with Crippen molar-refractivity contribution in [3.8, 4) is 0 Å². The minimum absolute atomic E-state index is 0.0739. The number of benzene rings is 3. The van der Waals surface area contributed by atoms with Crippen LogP contribution in [0.5, 0.6) is 0 Å². The number of anilines is 1. The van der Waals surface area contributed by atoms with Gasteiger partial charge in [0.25, 0.3) is 0 Å². The topological polar surface area (TPSA) is 280 Å². The lowest BCUT2D eigenvalue weighted by molar-refractivity contribution is -0.148. The van der Waals surface area contributed by atoms with E-state index < -0.39 is 108 Å². The summed E-state index contributed by atoms with van der Waals surface area (Å²) in [4.78, 5) is 115. The van der Waals surface area contributed by atoms with Crippen molar-refractivity contribution in [3.05, 3.63) is 102 Å². The quantitative estimate of drug-likeness (QED) is 0.0352. The molecule has 8 amide bonds. The molecule has 1 fully saturated rings. The maximum absolute atomic E-state index is 14.8. The Hall–Kier alpha value is -6.94. The van der Waals surface area contributed by atoms with Gasteiger partial charge in [-0.1, -0.05) is 128 Å². The third kappa shape index (κ3) is 20.6. The predicted octanol–water partition coefficient (Wildman–Crippen LogP) is 5.88. The third-order valence-electron chi connectivity index (χ3n) is 16.2. The van der Waals surface area contributed by atoms with Crippen LogP contribution in [0.2, 0.25) is 0 Å². The lowest BCUT2D eigenvalue weighted by Crippen LogP contribution is -2.60. The van der Waals surface area contributed by atoms with Crippen LogP contribution in [0.25, 0.3) is 0 Å². The number of ether oxygens (including phenoxy) is 3. The van der Waals surface area contributed by atoms with Gasteiger partial charge in [0.15, 0.2) is 0 Å². The summed E-state index contributed by atoms with van der Waals surface area (Å²) in [5, 5.41) is 25.2. The van der Waals surface area contributed by atoms with Crippen LogP contribution in [0, 0.1) is 23.7 Å². The van der Waals surface area contributed by atoms with E-state index >= 15 is 0 Å². The number of nitrogens with one attached hydrogen (secondary N) is 5. The van der Waals surface area contributed by atoms with Crippen LogP contribution in [0.15, 0.2) is 84.9 Å². The van der Waals surface area contributed by atoms with Gasteiger partial charge >= 0.3 is 6.09 Å². The first-order valence-electron chi connectivity index (χ1n) is 29.9. The first kappa shape index (κ1) is 70.5. The second kappa shape index (κ2) is 34.9. The monoisotopic (exact) mass is 1180 g/mol. The zero-order valence-corrected chi connectivity index (χ0v) is 52.3. The highest BCUT2D eigenvalue weighted by molar-refractivity contribution is 5.98. The van der Waals surface area contributed by atoms with Crippen LogP contribution in [0.3, 0.4) is 0 Å². The number of rotatable bonds is 33. The number of likely N-dealkylation sites (tertiary alicyclic amines) is 1. The molecule has 0 spiro atoms. The molecule has 1 saturated heterocycles. The Morgan fingerprint density at radius 3 is 1.92 bits per heavy atom.